The van der Waals surface area contributed by atoms with Crippen molar-refractivity contribution in [3.8, 4) is 5.88 Å². The van der Waals surface area contributed by atoms with Crippen molar-refractivity contribution in [3.63, 3.8) is 0 Å². The first-order valence-corrected chi connectivity index (χ1v) is 6.05. The van der Waals surface area contributed by atoms with Crippen LogP contribution in [0.3, 0.4) is 0 Å². The highest BCUT2D eigenvalue weighted by Crippen LogP contribution is 2.30. The minimum absolute atomic E-state index is 0.0664. The van der Waals surface area contributed by atoms with Gasteiger partial charge in [0.2, 0.25) is 5.88 Å². The summed E-state index contributed by atoms with van der Waals surface area (Å²) in [5.74, 6) is -2.21. The molecule has 4 nitrogen and oxygen atoms in total. The first kappa shape index (κ1) is 15.3. The Morgan fingerprint density at radius 2 is 2.11 bits per heavy atom. The van der Waals surface area contributed by atoms with Crippen molar-refractivity contribution in [3.05, 3.63) is 20.9 Å². The van der Waals surface area contributed by atoms with Crippen LogP contribution in [0.15, 0.2) is 6.20 Å². The van der Waals surface area contributed by atoms with Crippen LogP contribution in [0.25, 0.3) is 0 Å². The van der Waals surface area contributed by atoms with Crippen molar-refractivity contribution in [2.24, 2.45) is 0 Å². The van der Waals surface area contributed by atoms with Gasteiger partial charge in [-0.2, -0.15) is 0 Å². The molecule has 0 radical (unpaired) electrons. The fourth-order valence-electron chi connectivity index (χ4n) is 1.22. The van der Waals surface area contributed by atoms with Gasteiger partial charge in [0.05, 0.1) is 12.3 Å². The smallest absolute Gasteiger partial charge is 0.481 e. The van der Waals surface area contributed by atoms with E-state index in [1.165, 1.54) is 0 Å². The molecule has 0 aliphatic heterocycles. The molecule has 1 rings (SSSR count). The molecule has 0 atom stereocenters. The maximum atomic E-state index is 12.1. The molecule has 0 bridgehead atoms. The van der Waals surface area contributed by atoms with Crippen molar-refractivity contribution < 1.29 is 27.8 Å². The highest BCUT2D eigenvalue weighted by atomic mass is 127. The van der Waals surface area contributed by atoms with E-state index in [1.807, 2.05) is 0 Å². The minimum Gasteiger partial charge on any atom is -0.481 e. The molecule has 0 aromatic carbocycles. The molecule has 1 heterocycles. The molecule has 0 aliphatic rings. The normalized spacial score (nSPS) is 11.4. The van der Waals surface area contributed by atoms with Crippen LogP contribution in [-0.4, -0.2) is 22.4 Å². The topological polar surface area (TPSA) is 59.4 Å². The highest BCUT2D eigenvalue weighted by Gasteiger charge is 2.33. The van der Waals surface area contributed by atoms with Crippen molar-refractivity contribution in [1.29, 1.82) is 0 Å². The van der Waals surface area contributed by atoms with Gasteiger partial charge in [-0.1, -0.05) is 0 Å². The molecule has 0 spiro atoms. The minimum atomic E-state index is -4.90. The number of rotatable bonds is 4. The van der Waals surface area contributed by atoms with Crippen molar-refractivity contribution in [1.82, 2.24) is 4.98 Å². The van der Waals surface area contributed by atoms with Gasteiger partial charge in [-0.3, -0.25) is 4.79 Å². The lowest BCUT2D eigenvalue weighted by Gasteiger charge is -2.14. The van der Waals surface area contributed by atoms with Crippen molar-refractivity contribution in [2.75, 3.05) is 0 Å². The Morgan fingerprint density at radius 3 is 2.56 bits per heavy atom. The van der Waals surface area contributed by atoms with Crippen LogP contribution in [0, 0.1) is 3.57 Å². The molecular formula is C9H6ClF3INO3. The monoisotopic (exact) mass is 395 g/mol. The van der Waals surface area contributed by atoms with Crippen molar-refractivity contribution in [2.45, 2.75) is 18.7 Å². The number of nitrogens with zero attached hydrogens (tertiary/aromatic N) is 1. The first-order valence-electron chi connectivity index (χ1n) is 4.44. The van der Waals surface area contributed by atoms with Gasteiger partial charge in [0, 0.05) is 15.3 Å². The highest BCUT2D eigenvalue weighted by molar-refractivity contribution is 14.1. The quantitative estimate of drug-likeness (QED) is 0.629. The van der Waals surface area contributed by atoms with Gasteiger partial charge in [0.1, 0.15) is 0 Å². The van der Waals surface area contributed by atoms with Gasteiger partial charge in [-0.05, 0) is 28.2 Å². The molecule has 0 saturated carbocycles. The van der Waals surface area contributed by atoms with Gasteiger partial charge >= 0.3 is 12.3 Å². The Hall–Kier alpha value is -0.770. The molecular weight excluding hydrogens is 389 g/mol. The average molecular weight is 396 g/mol. The zero-order valence-corrected chi connectivity index (χ0v) is 11.5. The standard InChI is InChI=1S/C9H6ClF3INO3/c10-2-5-4(1-7(16)17)6(14)3-15-8(5)18-9(11,12)13/h3H,1-2H2,(H,16,17). The number of pyridine rings is 1. The predicted molar refractivity (Wildman–Crippen MR) is 64.5 cm³/mol. The van der Waals surface area contributed by atoms with E-state index in [1.54, 1.807) is 22.6 Å². The molecule has 0 amide bonds. The number of alkyl halides is 4. The molecule has 0 aliphatic carbocycles. The summed E-state index contributed by atoms with van der Waals surface area (Å²) in [5.41, 5.74) is 0.107. The molecule has 1 aromatic heterocycles. The molecule has 100 valence electrons. The summed E-state index contributed by atoms with van der Waals surface area (Å²) < 4.78 is 40.5. The van der Waals surface area contributed by atoms with E-state index in [-0.39, 0.29) is 17.0 Å². The third-order valence-corrected chi connectivity index (χ3v) is 3.08. The zero-order valence-electron chi connectivity index (χ0n) is 8.59. The maximum absolute atomic E-state index is 12.1. The molecule has 18 heavy (non-hydrogen) atoms. The third kappa shape index (κ3) is 4.16. The summed E-state index contributed by atoms with van der Waals surface area (Å²) in [6.45, 7) is 0. The second-order valence-electron chi connectivity index (χ2n) is 3.12. The van der Waals surface area contributed by atoms with Crippen LogP contribution in [-0.2, 0) is 17.1 Å². The van der Waals surface area contributed by atoms with E-state index in [0.717, 1.165) is 6.20 Å². The van der Waals surface area contributed by atoms with Crippen LogP contribution in [0.1, 0.15) is 11.1 Å². The summed E-state index contributed by atoms with van der Waals surface area (Å²) in [5, 5.41) is 8.70. The van der Waals surface area contributed by atoms with Gasteiger partial charge in [0.25, 0.3) is 0 Å². The lowest BCUT2D eigenvalue weighted by molar-refractivity contribution is -0.276. The Kier molecular flexibility index (Phi) is 5.02. The maximum Gasteiger partial charge on any atom is 0.574 e. The molecule has 9 heteroatoms. The van der Waals surface area contributed by atoms with E-state index < -0.39 is 24.6 Å². The summed E-state index contributed by atoms with van der Waals surface area (Å²) in [7, 11) is 0. The predicted octanol–water partition coefficient (Wildman–Crippen LogP) is 2.95. The number of hydrogen-bond acceptors (Lipinski definition) is 3. The molecule has 1 N–H and O–H groups in total. The summed E-state index contributed by atoms with van der Waals surface area (Å²) in [6, 6.07) is 0. The van der Waals surface area contributed by atoms with Crippen LogP contribution in [0.2, 0.25) is 0 Å². The molecule has 0 saturated heterocycles. The zero-order chi connectivity index (χ0) is 13.9. The second-order valence-corrected chi connectivity index (χ2v) is 4.55. The van der Waals surface area contributed by atoms with E-state index in [0.29, 0.717) is 3.57 Å². The number of carboxylic acids is 1. The largest absolute Gasteiger partial charge is 0.574 e. The van der Waals surface area contributed by atoms with Crippen LogP contribution in [0.4, 0.5) is 13.2 Å². The number of halogens is 5. The number of hydrogen-bond donors (Lipinski definition) is 1. The van der Waals surface area contributed by atoms with E-state index in [2.05, 4.69) is 9.72 Å². The Morgan fingerprint density at radius 1 is 1.50 bits per heavy atom. The number of ether oxygens (including phenoxy) is 1. The molecule has 0 unspecified atom stereocenters. The van der Waals surface area contributed by atoms with Crippen molar-refractivity contribution >= 4 is 40.2 Å². The lowest BCUT2D eigenvalue weighted by Crippen LogP contribution is -2.20. The van der Waals surface area contributed by atoms with E-state index in [9.17, 15) is 18.0 Å². The summed E-state index contributed by atoms with van der Waals surface area (Å²) in [4.78, 5) is 14.1. The third-order valence-electron chi connectivity index (χ3n) is 1.88. The Bertz CT molecular complexity index is 467. The van der Waals surface area contributed by atoms with E-state index in [4.69, 9.17) is 16.7 Å². The van der Waals surface area contributed by atoms with Gasteiger partial charge < -0.3 is 9.84 Å². The Balaban J connectivity index is 3.24. The lowest BCUT2D eigenvalue weighted by atomic mass is 10.1. The number of carbonyl (C=O) groups is 1. The fourth-order valence-corrected chi connectivity index (χ4v) is 2.15. The fraction of sp³-hybridized carbons (Fsp3) is 0.333. The first-order chi connectivity index (χ1) is 8.24. The van der Waals surface area contributed by atoms with Gasteiger partial charge in [-0.15, -0.1) is 24.8 Å². The van der Waals surface area contributed by atoms with Gasteiger partial charge in [-0.25, -0.2) is 4.98 Å². The second kappa shape index (κ2) is 5.91. The number of aliphatic carboxylic acids is 1. The average Bonchev–Trinajstić information content (AvgIpc) is 2.20. The number of aromatic nitrogens is 1. The van der Waals surface area contributed by atoms with Crippen LogP contribution >= 0.6 is 34.2 Å². The van der Waals surface area contributed by atoms with Crippen LogP contribution in [0.5, 0.6) is 5.88 Å². The van der Waals surface area contributed by atoms with E-state index >= 15 is 0 Å². The van der Waals surface area contributed by atoms with Gasteiger partial charge in [0.15, 0.2) is 0 Å². The SMILES string of the molecule is O=C(O)Cc1c(I)cnc(OC(F)(F)F)c1CCl. The molecule has 0 fully saturated rings. The molecule has 1 aromatic rings. The Labute approximate surface area is 118 Å². The summed E-state index contributed by atoms with van der Waals surface area (Å²) in [6.07, 6.45) is -4.24. The number of carboxylic acid groups (broad SMARTS) is 1. The van der Waals surface area contributed by atoms with Crippen LogP contribution < -0.4 is 4.74 Å². The summed E-state index contributed by atoms with van der Waals surface area (Å²) >= 11 is 7.31.